The van der Waals surface area contributed by atoms with Gasteiger partial charge in [-0.3, -0.25) is 19.5 Å². The number of pyridine rings is 1. The summed E-state index contributed by atoms with van der Waals surface area (Å²) in [6.45, 7) is 1.79. The van der Waals surface area contributed by atoms with Crippen molar-refractivity contribution in [3.63, 3.8) is 0 Å². The first kappa shape index (κ1) is 19.3. The molecule has 0 bridgehead atoms. The fraction of sp³-hybridized carbons (Fsp3) is 0.208. The van der Waals surface area contributed by atoms with Crippen molar-refractivity contribution >= 4 is 45.0 Å². The number of nitrogens with one attached hydrogen (secondary N) is 1. The van der Waals surface area contributed by atoms with E-state index >= 15 is 0 Å². The van der Waals surface area contributed by atoms with Crippen LogP contribution < -0.4 is 5.32 Å². The number of imide groups is 1. The minimum atomic E-state index is -0.410. The molecule has 1 aliphatic rings. The zero-order chi connectivity index (χ0) is 21.5. The van der Waals surface area contributed by atoms with Gasteiger partial charge in [-0.1, -0.05) is 18.2 Å². The molecule has 0 fully saturated rings. The van der Waals surface area contributed by atoms with Gasteiger partial charge in [-0.2, -0.15) is 0 Å². The number of aryl methyl sites for hydroxylation is 1. The maximum Gasteiger partial charge on any atom is 0.275 e. The maximum atomic E-state index is 12.9. The largest absolute Gasteiger partial charge is 0.347 e. The van der Waals surface area contributed by atoms with Gasteiger partial charge in [0.15, 0.2) is 0 Å². The summed E-state index contributed by atoms with van der Waals surface area (Å²) in [6.07, 6.45) is 6.45. The van der Waals surface area contributed by atoms with Crippen molar-refractivity contribution in [2.45, 2.75) is 13.0 Å². The van der Waals surface area contributed by atoms with E-state index in [1.165, 1.54) is 0 Å². The van der Waals surface area contributed by atoms with Gasteiger partial charge in [-0.15, -0.1) is 0 Å². The summed E-state index contributed by atoms with van der Waals surface area (Å²) in [7, 11) is 4.11. The van der Waals surface area contributed by atoms with E-state index in [9.17, 15) is 9.59 Å². The predicted octanol–water partition coefficient (Wildman–Crippen LogP) is 2.97. The molecule has 3 aromatic heterocycles. The number of hydrogen-bond acceptors (Lipinski definition) is 4. The van der Waals surface area contributed by atoms with Crippen LogP contribution in [0.25, 0.3) is 33.2 Å². The number of carbonyl (C=O) groups is 2. The Kier molecular flexibility index (Phi) is 4.67. The molecule has 0 radical (unpaired) electrons. The summed E-state index contributed by atoms with van der Waals surface area (Å²) in [6, 6.07) is 13.7. The van der Waals surface area contributed by atoms with E-state index in [1.807, 2.05) is 42.6 Å². The van der Waals surface area contributed by atoms with Gasteiger partial charge in [0, 0.05) is 47.0 Å². The molecule has 1 aliphatic heterocycles. The van der Waals surface area contributed by atoms with E-state index in [2.05, 4.69) is 39.9 Å². The minimum Gasteiger partial charge on any atom is -0.347 e. The Labute approximate surface area is 179 Å². The van der Waals surface area contributed by atoms with Crippen molar-refractivity contribution in [2.75, 3.05) is 20.6 Å². The number of rotatable bonds is 6. The standard InChI is InChI=1S/C24H23N5O2/c1-27(2)12-6-13-28-15-18(17-8-3-4-9-19(17)28)20-21(24(31)26-23(20)30)29-14-10-16-7-5-11-25-22(16)29/h3-5,7-11,14-15H,6,12-13H2,1-2H3,(H,26,30,31). The van der Waals surface area contributed by atoms with Gasteiger partial charge in [-0.25, -0.2) is 4.98 Å². The van der Waals surface area contributed by atoms with Crippen LogP contribution in [0.3, 0.4) is 0 Å². The second-order valence-corrected chi connectivity index (χ2v) is 8.02. The molecule has 31 heavy (non-hydrogen) atoms. The number of para-hydroxylation sites is 1. The first-order chi connectivity index (χ1) is 15.0. The maximum absolute atomic E-state index is 12.9. The Morgan fingerprint density at radius 2 is 1.87 bits per heavy atom. The zero-order valence-corrected chi connectivity index (χ0v) is 17.5. The lowest BCUT2D eigenvalue weighted by atomic mass is 10.0. The van der Waals surface area contributed by atoms with Gasteiger partial charge >= 0.3 is 0 Å². The van der Waals surface area contributed by atoms with Gasteiger partial charge in [0.1, 0.15) is 11.3 Å². The Morgan fingerprint density at radius 1 is 1.03 bits per heavy atom. The quantitative estimate of drug-likeness (QED) is 0.494. The molecule has 4 heterocycles. The van der Waals surface area contributed by atoms with Gasteiger partial charge in [0.25, 0.3) is 11.8 Å². The molecular weight excluding hydrogens is 390 g/mol. The van der Waals surface area contributed by atoms with Crippen LogP contribution in [0, 0.1) is 0 Å². The lowest BCUT2D eigenvalue weighted by molar-refractivity contribution is -0.122. The van der Waals surface area contributed by atoms with E-state index in [1.54, 1.807) is 17.0 Å². The number of carbonyl (C=O) groups excluding carboxylic acids is 2. The van der Waals surface area contributed by atoms with Crippen molar-refractivity contribution in [3.8, 4) is 0 Å². The molecule has 0 unspecified atom stereocenters. The topological polar surface area (TPSA) is 72.2 Å². The Bertz CT molecular complexity index is 1360. The molecular formula is C24H23N5O2. The van der Waals surface area contributed by atoms with Gasteiger partial charge in [0.05, 0.1) is 5.57 Å². The lowest BCUT2D eigenvalue weighted by Gasteiger charge is -2.10. The number of benzene rings is 1. The SMILES string of the molecule is CN(C)CCCn1cc(C2=C(n3ccc4cccnc43)C(=O)NC2=O)c2ccccc21. The summed E-state index contributed by atoms with van der Waals surface area (Å²) in [5.41, 5.74) is 3.16. The normalized spacial score (nSPS) is 14.4. The molecule has 1 aromatic carbocycles. The highest BCUT2D eigenvalue weighted by molar-refractivity contribution is 6.47. The van der Waals surface area contributed by atoms with Crippen molar-refractivity contribution in [2.24, 2.45) is 0 Å². The van der Waals surface area contributed by atoms with Crippen LogP contribution in [-0.2, 0) is 16.1 Å². The molecule has 7 nitrogen and oxygen atoms in total. The first-order valence-electron chi connectivity index (χ1n) is 10.3. The lowest BCUT2D eigenvalue weighted by Crippen LogP contribution is -2.23. The van der Waals surface area contributed by atoms with Crippen molar-refractivity contribution < 1.29 is 9.59 Å². The van der Waals surface area contributed by atoms with Crippen LogP contribution in [-0.4, -0.2) is 51.5 Å². The summed E-state index contributed by atoms with van der Waals surface area (Å²) in [5.74, 6) is -0.790. The molecule has 4 aromatic rings. The molecule has 0 saturated carbocycles. The smallest absolute Gasteiger partial charge is 0.275 e. The number of fused-ring (bicyclic) bond motifs is 2. The molecule has 5 rings (SSSR count). The molecule has 0 spiro atoms. The Morgan fingerprint density at radius 3 is 2.71 bits per heavy atom. The summed E-state index contributed by atoms with van der Waals surface area (Å²) < 4.78 is 3.88. The predicted molar refractivity (Wildman–Crippen MR) is 121 cm³/mol. The van der Waals surface area contributed by atoms with E-state index in [0.29, 0.717) is 16.9 Å². The molecule has 2 amide bonds. The highest BCUT2D eigenvalue weighted by Gasteiger charge is 2.34. The van der Waals surface area contributed by atoms with E-state index in [-0.39, 0.29) is 5.91 Å². The second kappa shape index (κ2) is 7.52. The average Bonchev–Trinajstić information content (AvgIpc) is 3.41. The minimum absolute atomic E-state index is 0.315. The number of amides is 2. The van der Waals surface area contributed by atoms with Crippen LogP contribution in [0.5, 0.6) is 0 Å². The zero-order valence-electron chi connectivity index (χ0n) is 17.5. The van der Waals surface area contributed by atoms with Gasteiger partial charge in [-0.05, 0) is 51.3 Å². The Balaban J connectivity index is 1.70. The van der Waals surface area contributed by atoms with Crippen LogP contribution in [0.1, 0.15) is 12.0 Å². The summed E-state index contributed by atoms with van der Waals surface area (Å²) in [5, 5.41) is 4.35. The molecule has 0 aliphatic carbocycles. The third-order valence-corrected chi connectivity index (χ3v) is 5.66. The monoisotopic (exact) mass is 413 g/mol. The van der Waals surface area contributed by atoms with Gasteiger partial charge in [0.2, 0.25) is 0 Å². The molecule has 0 saturated heterocycles. The van der Waals surface area contributed by atoms with Crippen LogP contribution in [0.2, 0.25) is 0 Å². The number of nitrogens with zero attached hydrogens (tertiary/aromatic N) is 4. The number of hydrogen-bond donors (Lipinski definition) is 1. The number of aromatic nitrogens is 3. The second-order valence-electron chi connectivity index (χ2n) is 8.02. The Hall–Kier alpha value is -3.71. The van der Waals surface area contributed by atoms with E-state index in [4.69, 9.17) is 0 Å². The van der Waals surface area contributed by atoms with E-state index < -0.39 is 5.91 Å². The third-order valence-electron chi connectivity index (χ3n) is 5.66. The first-order valence-corrected chi connectivity index (χ1v) is 10.3. The fourth-order valence-corrected chi connectivity index (χ4v) is 4.26. The average molecular weight is 413 g/mol. The summed E-state index contributed by atoms with van der Waals surface area (Å²) in [4.78, 5) is 32.4. The molecule has 7 heteroatoms. The van der Waals surface area contributed by atoms with Crippen LogP contribution >= 0.6 is 0 Å². The van der Waals surface area contributed by atoms with Gasteiger partial charge < -0.3 is 9.47 Å². The highest BCUT2D eigenvalue weighted by Crippen LogP contribution is 2.35. The molecule has 1 N–H and O–H groups in total. The molecule has 0 atom stereocenters. The molecule has 156 valence electrons. The van der Waals surface area contributed by atoms with Crippen molar-refractivity contribution in [1.29, 1.82) is 0 Å². The van der Waals surface area contributed by atoms with Crippen LogP contribution in [0.4, 0.5) is 0 Å². The van der Waals surface area contributed by atoms with Crippen molar-refractivity contribution in [1.82, 2.24) is 24.3 Å². The highest BCUT2D eigenvalue weighted by atomic mass is 16.2. The summed E-state index contributed by atoms with van der Waals surface area (Å²) >= 11 is 0. The van der Waals surface area contributed by atoms with Crippen LogP contribution in [0.15, 0.2) is 61.1 Å². The third kappa shape index (κ3) is 3.23. The van der Waals surface area contributed by atoms with E-state index in [0.717, 1.165) is 41.4 Å². The fourth-order valence-electron chi connectivity index (χ4n) is 4.26. The van der Waals surface area contributed by atoms with Crippen molar-refractivity contribution in [3.05, 3.63) is 66.6 Å².